The van der Waals surface area contributed by atoms with Gasteiger partial charge in [0.25, 0.3) is 5.69 Å². The second-order valence-corrected chi connectivity index (χ2v) is 9.83. The Balaban J connectivity index is 1.36. The Hall–Kier alpha value is -2.84. The molecule has 3 aliphatic rings. The molecule has 2 atom stereocenters. The standard InChI is InChI=1S/C24H24Cl2N4O4/c25-19-7-5-15(13-20(19)26)27-9-11-28(12-10-27)21-8-6-16(14-22(21)30(33)34)29-23(31)17-3-1-2-4-18(17)24(29)32/h5-8,13-14,17-18H,1-4,9-12H2/t17-,18-/m1/s1. The number of imide groups is 1. The van der Waals surface area contributed by atoms with Crippen LogP contribution in [0.1, 0.15) is 25.7 Å². The van der Waals surface area contributed by atoms with Gasteiger partial charge in [0.05, 0.1) is 32.5 Å². The van der Waals surface area contributed by atoms with Crippen LogP contribution < -0.4 is 14.7 Å². The van der Waals surface area contributed by atoms with Crippen LogP contribution in [0.25, 0.3) is 0 Å². The molecule has 2 heterocycles. The van der Waals surface area contributed by atoms with Crippen molar-refractivity contribution >= 4 is 57.8 Å². The largest absolute Gasteiger partial charge is 0.368 e. The molecule has 3 fully saturated rings. The fourth-order valence-corrected chi connectivity index (χ4v) is 5.66. The number of anilines is 3. The fraction of sp³-hybridized carbons (Fsp3) is 0.417. The van der Waals surface area contributed by atoms with E-state index in [1.54, 1.807) is 18.2 Å². The van der Waals surface area contributed by atoms with Gasteiger partial charge in [0.1, 0.15) is 5.69 Å². The number of nitrogens with zero attached hydrogens (tertiary/aromatic N) is 4. The second-order valence-electron chi connectivity index (χ2n) is 9.01. The average molecular weight is 503 g/mol. The molecule has 2 aromatic rings. The van der Waals surface area contributed by atoms with Crippen LogP contribution in [0.5, 0.6) is 0 Å². The van der Waals surface area contributed by atoms with Gasteiger partial charge in [-0.15, -0.1) is 0 Å². The van der Waals surface area contributed by atoms with Gasteiger partial charge in [-0.2, -0.15) is 0 Å². The topological polar surface area (TPSA) is 87.0 Å². The third kappa shape index (κ3) is 3.99. The highest BCUT2D eigenvalue weighted by Crippen LogP contribution is 2.42. The van der Waals surface area contributed by atoms with Gasteiger partial charge in [-0.25, -0.2) is 4.90 Å². The zero-order valence-electron chi connectivity index (χ0n) is 18.5. The summed E-state index contributed by atoms with van der Waals surface area (Å²) in [6.45, 7) is 2.46. The van der Waals surface area contributed by atoms with E-state index in [1.807, 2.05) is 17.0 Å². The Bertz CT molecular complexity index is 1140. The minimum absolute atomic E-state index is 0.101. The second kappa shape index (κ2) is 9.07. The van der Waals surface area contributed by atoms with Crippen LogP contribution >= 0.6 is 23.2 Å². The number of benzene rings is 2. The summed E-state index contributed by atoms with van der Waals surface area (Å²) >= 11 is 12.2. The van der Waals surface area contributed by atoms with Crippen molar-refractivity contribution in [3.8, 4) is 0 Å². The van der Waals surface area contributed by atoms with Crippen molar-refractivity contribution in [1.82, 2.24) is 0 Å². The molecule has 8 nitrogen and oxygen atoms in total. The molecular formula is C24H24Cl2N4O4. The Morgan fingerprint density at radius 3 is 1.97 bits per heavy atom. The fourth-order valence-electron chi connectivity index (χ4n) is 5.37. The minimum Gasteiger partial charge on any atom is -0.368 e. The minimum atomic E-state index is -0.442. The number of rotatable bonds is 4. The number of amides is 2. The highest BCUT2D eigenvalue weighted by molar-refractivity contribution is 6.42. The van der Waals surface area contributed by atoms with E-state index in [0.29, 0.717) is 54.8 Å². The summed E-state index contributed by atoms with van der Waals surface area (Å²) in [6, 6.07) is 10.2. The smallest absolute Gasteiger partial charge is 0.294 e. The van der Waals surface area contributed by atoms with E-state index < -0.39 is 4.92 Å². The van der Waals surface area contributed by atoms with Crippen LogP contribution in [0.15, 0.2) is 36.4 Å². The maximum Gasteiger partial charge on any atom is 0.294 e. The molecule has 34 heavy (non-hydrogen) atoms. The van der Waals surface area contributed by atoms with Crippen LogP contribution in [0.2, 0.25) is 10.0 Å². The average Bonchev–Trinajstić information content (AvgIpc) is 3.10. The number of nitro groups is 1. The molecule has 0 N–H and O–H groups in total. The van der Waals surface area contributed by atoms with Crippen molar-refractivity contribution in [3.63, 3.8) is 0 Å². The molecule has 10 heteroatoms. The third-order valence-corrected chi connectivity index (χ3v) is 7.88. The quantitative estimate of drug-likeness (QED) is 0.335. The van der Waals surface area contributed by atoms with E-state index in [2.05, 4.69) is 4.90 Å². The number of halogens is 2. The first-order valence-electron chi connectivity index (χ1n) is 11.5. The van der Waals surface area contributed by atoms with Crippen molar-refractivity contribution in [1.29, 1.82) is 0 Å². The monoisotopic (exact) mass is 502 g/mol. The SMILES string of the molecule is O=C1[C@@H]2CCCC[C@H]2C(=O)N1c1ccc(N2CCN(c3ccc(Cl)c(Cl)c3)CC2)c([N+](=O)[O-])c1. The zero-order chi connectivity index (χ0) is 24.0. The molecule has 0 radical (unpaired) electrons. The molecule has 0 bridgehead atoms. The van der Waals surface area contributed by atoms with Crippen molar-refractivity contribution in [2.24, 2.45) is 11.8 Å². The molecule has 0 unspecified atom stereocenters. The predicted molar refractivity (Wildman–Crippen MR) is 132 cm³/mol. The van der Waals surface area contributed by atoms with Crippen LogP contribution in [0.4, 0.5) is 22.7 Å². The summed E-state index contributed by atoms with van der Waals surface area (Å²) in [6.07, 6.45) is 3.27. The number of piperazine rings is 1. The summed E-state index contributed by atoms with van der Waals surface area (Å²) in [4.78, 5) is 42.7. The predicted octanol–water partition coefficient (Wildman–Crippen LogP) is 4.91. The highest BCUT2D eigenvalue weighted by atomic mass is 35.5. The number of fused-ring (bicyclic) bond motifs is 1. The number of carbonyl (C=O) groups is 2. The van der Waals surface area contributed by atoms with Gasteiger partial charge in [0, 0.05) is 37.9 Å². The molecule has 2 saturated heterocycles. The van der Waals surface area contributed by atoms with E-state index in [1.165, 1.54) is 11.0 Å². The number of carbonyl (C=O) groups excluding carboxylic acids is 2. The molecule has 5 rings (SSSR count). The van der Waals surface area contributed by atoms with Gasteiger partial charge in [0.15, 0.2) is 0 Å². The van der Waals surface area contributed by atoms with Gasteiger partial charge in [-0.05, 0) is 43.2 Å². The Morgan fingerprint density at radius 2 is 1.38 bits per heavy atom. The van der Waals surface area contributed by atoms with Crippen molar-refractivity contribution in [3.05, 3.63) is 56.6 Å². The third-order valence-electron chi connectivity index (χ3n) is 7.14. The van der Waals surface area contributed by atoms with E-state index in [-0.39, 0.29) is 35.0 Å². The van der Waals surface area contributed by atoms with Crippen molar-refractivity contribution < 1.29 is 14.5 Å². The number of hydrogen-bond acceptors (Lipinski definition) is 6. The lowest BCUT2D eigenvalue weighted by Gasteiger charge is -2.37. The molecule has 2 aromatic carbocycles. The lowest BCUT2D eigenvalue weighted by molar-refractivity contribution is -0.384. The molecule has 1 saturated carbocycles. The van der Waals surface area contributed by atoms with Crippen LogP contribution in [0, 0.1) is 22.0 Å². The van der Waals surface area contributed by atoms with Gasteiger partial charge in [0.2, 0.25) is 11.8 Å². The molecule has 0 aromatic heterocycles. The van der Waals surface area contributed by atoms with Crippen molar-refractivity contribution in [2.45, 2.75) is 25.7 Å². The first kappa shape index (κ1) is 22.9. The number of nitro benzene ring substituents is 1. The molecular weight excluding hydrogens is 479 g/mol. The Kier molecular flexibility index (Phi) is 6.12. The first-order chi connectivity index (χ1) is 16.3. The Labute approximate surface area is 207 Å². The van der Waals surface area contributed by atoms with E-state index in [0.717, 1.165) is 18.5 Å². The zero-order valence-corrected chi connectivity index (χ0v) is 20.0. The lowest BCUT2D eigenvalue weighted by atomic mass is 9.81. The molecule has 2 amide bonds. The van der Waals surface area contributed by atoms with Gasteiger partial charge in [-0.1, -0.05) is 36.0 Å². The van der Waals surface area contributed by atoms with Crippen LogP contribution in [-0.2, 0) is 9.59 Å². The normalized spacial score (nSPS) is 22.8. The summed E-state index contributed by atoms with van der Waals surface area (Å²) in [5, 5.41) is 12.9. The number of hydrogen-bond donors (Lipinski definition) is 0. The Morgan fingerprint density at radius 1 is 0.794 bits per heavy atom. The maximum atomic E-state index is 12.9. The van der Waals surface area contributed by atoms with Gasteiger partial charge < -0.3 is 9.80 Å². The summed E-state index contributed by atoms with van der Waals surface area (Å²) in [7, 11) is 0. The van der Waals surface area contributed by atoms with Gasteiger partial charge >= 0.3 is 0 Å². The molecule has 1 aliphatic carbocycles. The first-order valence-corrected chi connectivity index (χ1v) is 12.2. The van der Waals surface area contributed by atoms with E-state index >= 15 is 0 Å². The van der Waals surface area contributed by atoms with E-state index in [4.69, 9.17) is 23.2 Å². The molecule has 0 spiro atoms. The van der Waals surface area contributed by atoms with Crippen molar-refractivity contribution in [2.75, 3.05) is 40.9 Å². The molecule has 178 valence electrons. The lowest BCUT2D eigenvalue weighted by Crippen LogP contribution is -2.46. The van der Waals surface area contributed by atoms with Gasteiger partial charge in [-0.3, -0.25) is 19.7 Å². The summed E-state index contributed by atoms with van der Waals surface area (Å²) in [5.41, 5.74) is 1.62. The summed E-state index contributed by atoms with van der Waals surface area (Å²) < 4.78 is 0. The summed E-state index contributed by atoms with van der Waals surface area (Å²) in [5.74, 6) is -1.05. The van der Waals surface area contributed by atoms with Crippen LogP contribution in [0.3, 0.4) is 0 Å². The van der Waals surface area contributed by atoms with E-state index in [9.17, 15) is 19.7 Å². The molecule has 2 aliphatic heterocycles. The maximum absolute atomic E-state index is 12.9. The van der Waals surface area contributed by atoms with Crippen LogP contribution in [-0.4, -0.2) is 42.9 Å². The highest BCUT2D eigenvalue weighted by Gasteiger charge is 2.49.